The summed E-state index contributed by atoms with van der Waals surface area (Å²) in [5.41, 5.74) is 2.07. The first-order chi connectivity index (χ1) is 11.8. The maximum absolute atomic E-state index is 12.5. The van der Waals surface area contributed by atoms with E-state index in [9.17, 15) is 4.79 Å². The molecule has 0 aliphatic carbocycles. The molecule has 3 nitrogen and oxygen atoms in total. The average molecular weight is 331 g/mol. The Morgan fingerprint density at radius 3 is 2.50 bits per heavy atom. The first-order valence-corrected chi connectivity index (χ1v) is 9.90. The van der Waals surface area contributed by atoms with E-state index in [1.807, 2.05) is 18.2 Å². The van der Waals surface area contributed by atoms with Crippen LogP contribution < -0.4 is 10.6 Å². The smallest absolute Gasteiger partial charge is 0.251 e. The molecule has 0 unspecified atom stereocenters. The van der Waals surface area contributed by atoms with Gasteiger partial charge < -0.3 is 10.6 Å². The third-order valence-electron chi connectivity index (χ3n) is 4.96. The molecular weight excluding hydrogens is 296 g/mol. The van der Waals surface area contributed by atoms with Gasteiger partial charge in [-0.1, -0.05) is 70.1 Å². The number of rotatable bonds is 11. The fourth-order valence-corrected chi connectivity index (χ4v) is 3.45. The van der Waals surface area contributed by atoms with Crippen LogP contribution in [-0.4, -0.2) is 25.0 Å². The van der Waals surface area contributed by atoms with Crippen LogP contribution in [0.5, 0.6) is 0 Å². The Morgan fingerprint density at radius 1 is 1.08 bits per heavy atom. The van der Waals surface area contributed by atoms with Crippen LogP contribution in [0.4, 0.5) is 0 Å². The second-order valence-electron chi connectivity index (χ2n) is 7.05. The van der Waals surface area contributed by atoms with Crippen molar-refractivity contribution in [3.8, 4) is 0 Å². The largest absolute Gasteiger partial charge is 0.348 e. The highest BCUT2D eigenvalue weighted by Gasteiger charge is 2.18. The van der Waals surface area contributed by atoms with Gasteiger partial charge in [-0.2, -0.15) is 0 Å². The number of amides is 1. The number of aryl methyl sites for hydroxylation is 1. The molecule has 1 heterocycles. The zero-order valence-corrected chi connectivity index (χ0v) is 15.3. The molecule has 0 radical (unpaired) electrons. The summed E-state index contributed by atoms with van der Waals surface area (Å²) in [5.74, 6) is 0.0962. The Bertz CT molecular complexity index is 480. The van der Waals surface area contributed by atoms with Crippen molar-refractivity contribution < 1.29 is 4.79 Å². The fourth-order valence-electron chi connectivity index (χ4n) is 3.45. The summed E-state index contributed by atoms with van der Waals surface area (Å²) in [5, 5.41) is 6.46. The molecule has 0 spiro atoms. The van der Waals surface area contributed by atoms with Gasteiger partial charge in [0.05, 0.1) is 0 Å². The first-order valence-electron chi connectivity index (χ1n) is 9.90. The van der Waals surface area contributed by atoms with E-state index >= 15 is 0 Å². The Labute approximate surface area is 147 Å². The zero-order valence-electron chi connectivity index (χ0n) is 15.3. The van der Waals surface area contributed by atoms with Gasteiger partial charge in [0.25, 0.3) is 5.91 Å². The van der Waals surface area contributed by atoms with Crippen molar-refractivity contribution in [1.29, 1.82) is 0 Å². The predicted molar refractivity (Wildman–Crippen MR) is 101 cm³/mol. The van der Waals surface area contributed by atoms with Gasteiger partial charge >= 0.3 is 0 Å². The summed E-state index contributed by atoms with van der Waals surface area (Å²) in [7, 11) is 0. The molecule has 1 fully saturated rings. The number of hydrogen-bond acceptors (Lipinski definition) is 2. The minimum Gasteiger partial charge on any atom is -0.348 e. The van der Waals surface area contributed by atoms with Crippen molar-refractivity contribution in [2.75, 3.05) is 13.1 Å². The number of carbonyl (C=O) groups is 1. The fraction of sp³-hybridized carbons (Fsp3) is 0.667. The molecule has 1 aromatic carbocycles. The number of nitrogens with one attached hydrogen (secondary N) is 2. The average Bonchev–Trinajstić information content (AvgIpc) is 3.10. The summed E-state index contributed by atoms with van der Waals surface area (Å²) in [6.45, 7) is 4.16. The van der Waals surface area contributed by atoms with Crippen molar-refractivity contribution in [2.24, 2.45) is 0 Å². The minimum absolute atomic E-state index is 0.0962. The van der Waals surface area contributed by atoms with Crippen LogP contribution in [0.2, 0.25) is 0 Å². The number of benzene rings is 1. The van der Waals surface area contributed by atoms with E-state index in [-0.39, 0.29) is 11.9 Å². The van der Waals surface area contributed by atoms with Gasteiger partial charge in [0.2, 0.25) is 0 Å². The highest BCUT2D eigenvalue weighted by Crippen LogP contribution is 2.15. The Kier molecular flexibility index (Phi) is 8.90. The van der Waals surface area contributed by atoms with Crippen LogP contribution in [0, 0.1) is 0 Å². The maximum atomic E-state index is 12.5. The van der Waals surface area contributed by atoms with Crippen molar-refractivity contribution >= 4 is 5.91 Å². The molecule has 1 aliphatic rings. The van der Waals surface area contributed by atoms with Gasteiger partial charge in [0.15, 0.2) is 0 Å². The molecular formula is C21H34N2O. The molecule has 2 N–H and O–H groups in total. The van der Waals surface area contributed by atoms with Crippen LogP contribution in [-0.2, 0) is 6.42 Å². The Hall–Kier alpha value is -1.35. The summed E-state index contributed by atoms with van der Waals surface area (Å²) < 4.78 is 0. The van der Waals surface area contributed by atoms with E-state index in [0.29, 0.717) is 0 Å². The highest BCUT2D eigenvalue weighted by molar-refractivity contribution is 5.95. The molecule has 1 amide bonds. The number of carbonyl (C=O) groups excluding carboxylic acids is 1. The second-order valence-corrected chi connectivity index (χ2v) is 7.05. The van der Waals surface area contributed by atoms with Crippen molar-refractivity contribution in [1.82, 2.24) is 10.6 Å². The first kappa shape index (κ1) is 19.0. The summed E-state index contributed by atoms with van der Waals surface area (Å²) >= 11 is 0. The van der Waals surface area contributed by atoms with Crippen molar-refractivity contribution in [2.45, 2.75) is 77.2 Å². The van der Waals surface area contributed by atoms with Crippen LogP contribution in [0.15, 0.2) is 24.3 Å². The highest BCUT2D eigenvalue weighted by atomic mass is 16.1. The summed E-state index contributed by atoms with van der Waals surface area (Å²) in [6.07, 6.45) is 12.6. The normalized spacial score (nSPS) is 17.1. The summed E-state index contributed by atoms with van der Waals surface area (Å²) in [6, 6.07) is 8.39. The predicted octanol–water partition coefficient (Wildman–Crippen LogP) is 4.46. The zero-order chi connectivity index (χ0) is 17.0. The molecule has 1 aliphatic heterocycles. The van der Waals surface area contributed by atoms with Crippen LogP contribution in [0.3, 0.4) is 0 Å². The SMILES string of the molecule is CCCCCCCCCCc1ccccc1C(=O)N[C@@H]1CCNC1. The van der Waals surface area contributed by atoms with E-state index in [1.54, 1.807) is 0 Å². The molecule has 0 bridgehead atoms. The third-order valence-corrected chi connectivity index (χ3v) is 4.96. The van der Waals surface area contributed by atoms with Gasteiger partial charge in [-0.25, -0.2) is 0 Å². The van der Waals surface area contributed by atoms with Gasteiger partial charge in [-0.15, -0.1) is 0 Å². The second kappa shape index (κ2) is 11.2. The van der Waals surface area contributed by atoms with Gasteiger partial charge in [-0.05, 0) is 37.4 Å². The van der Waals surface area contributed by atoms with E-state index in [2.05, 4.69) is 23.6 Å². The molecule has 0 aromatic heterocycles. The van der Waals surface area contributed by atoms with Crippen LogP contribution in [0.25, 0.3) is 0 Å². The lowest BCUT2D eigenvalue weighted by molar-refractivity contribution is 0.0939. The van der Waals surface area contributed by atoms with Crippen LogP contribution >= 0.6 is 0 Å². The molecule has 3 heteroatoms. The quantitative estimate of drug-likeness (QED) is 0.588. The lowest BCUT2D eigenvalue weighted by Crippen LogP contribution is -2.36. The molecule has 0 saturated carbocycles. The molecule has 1 aromatic rings. The standard InChI is InChI=1S/C21H34N2O/c1-2-3-4-5-6-7-8-9-12-18-13-10-11-14-20(18)21(24)23-19-15-16-22-17-19/h10-11,13-14,19,22H,2-9,12,15-17H2,1H3,(H,23,24)/t19-/m1/s1. The van der Waals surface area contributed by atoms with Gasteiger partial charge in [0.1, 0.15) is 0 Å². The lowest BCUT2D eigenvalue weighted by atomic mass is 9.99. The molecule has 24 heavy (non-hydrogen) atoms. The van der Waals surface area contributed by atoms with Crippen molar-refractivity contribution in [3.63, 3.8) is 0 Å². The van der Waals surface area contributed by atoms with Crippen LogP contribution in [0.1, 0.15) is 80.6 Å². The van der Waals surface area contributed by atoms with E-state index in [4.69, 9.17) is 0 Å². The Balaban J connectivity index is 1.71. The van der Waals surface area contributed by atoms with Gasteiger partial charge in [0, 0.05) is 18.2 Å². The Morgan fingerprint density at radius 2 is 1.79 bits per heavy atom. The van der Waals surface area contributed by atoms with E-state index in [1.165, 1.54) is 56.9 Å². The molecule has 1 atom stereocenters. The monoisotopic (exact) mass is 330 g/mol. The van der Waals surface area contributed by atoms with Gasteiger partial charge in [-0.3, -0.25) is 4.79 Å². The van der Waals surface area contributed by atoms with E-state index < -0.39 is 0 Å². The molecule has 1 saturated heterocycles. The maximum Gasteiger partial charge on any atom is 0.251 e. The topological polar surface area (TPSA) is 41.1 Å². The number of hydrogen-bond donors (Lipinski definition) is 2. The summed E-state index contributed by atoms with van der Waals surface area (Å²) in [4.78, 5) is 12.5. The van der Waals surface area contributed by atoms with Crippen molar-refractivity contribution in [3.05, 3.63) is 35.4 Å². The minimum atomic E-state index is 0.0962. The molecule has 2 rings (SSSR count). The van der Waals surface area contributed by atoms with E-state index in [0.717, 1.165) is 31.5 Å². The third kappa shape index (κ3) is 6.64. The molecule has 134 valence electrons. The number of unbranched alkanes of at least 4 members (excludes halogenated alkanes) is 7. The lowest BCUT2D eigenvalue weighted by Gasteiger charge is -2.14.